The molecule has 0 spiro atoms. The van der Waals surface area contributed by atoms with Gasteiger partial charge in [0.15, 0.2) is 0 Å². The zero-order chi connectivity index (χ0) is 15.5. The molecule has 0 bridgehead atoms. The van der Waals surface area contributed by atoms with Crippen molar-refractivity contribution in [3.63, 3.8) is 0 Å². The minimum atomic E-state index is -0.277. The molecule has 110 valence electrons. The SMILES string of the molecule is Fc1ccc(N(c2cccc(Cl)c2)c2cccc(Cl)c2)cc1. The van der Waals surface area contributed by atoms with E-state index in [4.69, 9.17) is 23.2 Å². The van der Waals surface area contributed by atoms with Crippen molar-refractivity contribution >= 4 is 40.3 Å². The first-order valence-electron chi connectivity index (χ1n) is 6.70. The van der Waals surface area contributed by atoms with Gasteiger partial charge in [-0.05, 0) is 60.7 Å². The first-order valence-corrected chi connectivity index (χ1v) is 7.46. The minimum absolute atomic E-state index is 0.277. The summed E-state index contributed by atoms with van der Waals surface area (Å²) < 4.78 is 13.2. The number of hydrogen-bond donors (Lipinski definition) is 0. The van der Waals surface area contributed by atoms with Crippen LogP contribution in [0.2, 0.25) is 10.0 Å². The van der Waals surface area contributed by atoms with Crippen LogP contribution in [0.3, 0.4) is 0 Å². The van der Waals surface area contributed by atoms with Gasteiger partial charge in [0.1, 0.15) is 5.82 Å². The Labute approximate surface area is 138 Å². The quantitative estimate of drug-likeness (QED) is 0.522. The van der Waals surface area contributed by atoms with Crippen molar-refractivity contribution in [1.82, 2.24) is 0 Å². The van der Waals surface area contributed by atoms with Gasteiger partial charge in [-0.2, -0.15) is 0 Å². The third-order valence-corrected chi connectivity index (χ3v) is 3.69. The van der Waals surface area contributed by atoms with Gasteiger partial charge in [-0.15, -0.1) is 0 Å². The van der Waals surface area contributed by atoms with Crippen molar-refractivity contribution in [2.75, 3.05) is 4.90 Å². The highest BCUT2D eigenvalue weighted by Gasteiger charge is 2.13. The summed E-state index contributed by atoms with van der Waals surface area (Å²) in [6, 6.07) is 21.3. The number of rotatable bonds is 3. The standard InChI is InChI=1S/C18H12Cl2FN/c19-13-3-1-5-17(11-13)22(16-9-7-15(21)8-10-16)18-6-2-4-14(20)12-18/h1-12H. The van der Waals surface area contributed by atoms with E-state index in [1.54, 1.807) is 12.1 Å². The van der Waals surface area contributed by atoms with E-state index >= 15 is 0 Å². The highest BCUT2D eigenvalue weighted by atomic mass is 35.5. The van der Waals surface area contributed by atoms with Gasteiger partial charge in [0, 0.05) is 27.1 Å². The lowest BCUT2D eigenvalue weighted by Gasteiger charge is -2.25. The third-order valence-electron chi connectivity index (χ3n) is 3.22. The summed E-state index contributed by atoms with van der Waals surface area (Å²) in [5.41, 5.74) is 2.58. The van der Waals surface area contributed by atoms with Crippen LogP contribution in [0.4, 0.5) is 21.5 Å². The van der Waals surface area contributed by atoms with Crippen LogP contribution in [0.1, 0.15) is 0 Å². The van der Waals surface area contributed by atoms with E-state index in [0.29, 0.717) is 10.0 Å². The fourth-order valence-electron chi connectivity index (χ4n) is 2.27. The maximum atomic E-state index is 13.2. The van der Waals surface area contributed by atoms with E-state index in [9.17, 15) is 4.39 Å². The van der Waals surface area contributed by atoms with Crippen molar-refractivity contribution in [2.24, 2.45) is 0 Å². The van der Waals surface area contributed by atoms with Crippen molar-refractivity contribution in [3.8, 4) is 0 Å². The van der Waals surface area contributed by atoms with Crippen LogP contribution in [0.15, 0.2) is 72.8 Å². The Bertz CT molecular complexity index is 742. The highest BCUT2D eigenvalue weighted by Crippen LogP contribution is 2.36. The van der Waals surface area contributed by atoms with E-state index in [2.05, 4.69) is 0 Å². The van der Waals surface area contributed by atoms with Gasteiger partial charge in [0.25, 0.3) is 0 Å². The van der Waals surface area contributed by atoms with E-state index in [0.717, 1.165) is 17.1 Å². The van der Waals surface area contributed by atoms with Crippen LogP contribution in [0.5, 0.6) is 0 Å². The summed E-state index contributed by atoms with van der Waals surface area (Å²) in [7, 11) is 0. The van der Waals surface area contributed by atoms with Crippen LogP contribution in [-0.2, 0) is 0 Å². The Morgan fingerprint density at radius 2 is 1.14 bits per heavy atom. The van der Waals surface area contributed by atoms with Crippen molar-refractivity contribution in [2.45, 2.75) is 0 Å². The molecule has 0 aliphatic heterocycles. The summed E-state index contributed by atoms with van der Waals surface area (Å²) >= 11 is 12.2. The van der Waals surface area contributed by atoms with E-state index in [1.165, 1.54) is 12.1 Å². The minimum Gasteiger partial charge on any atom is -0.310 e. The summed E-state index contributed by atoms with van der Waals surface area (Å²) in [6.45, 7) is 0. The zero-order valence-corrected chi connectivity index (χ0v) is 13.0. The lowest BCUT2D eigenvalue weighted by atomic mass is 10.2. The molecule has 3 aromatic rings. The second-order valence-electron chi connectivity index (χ2n) is 4.77. The van der Waals surface area contributed by atoms with Crippen LogP contribution < -0.4 is 4.90 Å². The summed E-state index contributed by atoms with van der Waals surface area (Å²) in [5, 5.41) is 1.26. The predicted octanol–water partition coefficient (Wildman–Crippen LogP) is 6.60. The molecule has 0 saturated heterocycles. The van der Waals surface area contributed by atoms with Gasteiger partial charge in [-0.1, -0.05) is 35.3 Å². The summed E-state index contributed by atoms with van der Waals surface area (Å²) in [4.78, 5) is 1.97. The Morgan fingerprint density at radius 1 is 0.636 bits per heavy atom. The molecule has 0 radical (unpaired) electrons. The number of anilines is 3. The Hall–Kier alpha value is -2.03. The first kappa shape index (κ1) is 14.9. The molecule has 0 saturated carbocycles. The number of nitrogens with zero attached hydrogens (tertiary/aromatic N) is 1. The fourth-order valence-corrected chi connectivity index (χ4v) is 2.64. The topological polar surface area (TPSA) is 3.24 Å². The van der Waals surface area contributed by atoms with Gasteiger partial charge in [0.05, 0.1) is 0 Å². The Morgan fingerprint density at radius 3 is 1.59 bits per heavy atom. The average Bonchev–Trinajstić information content (AvgIpc) is 2.50. The van der Waals surface area contributed by atoms with E-state index < -0.39 is 0 Å². The molecule has 0 aromatic heterocycles. The number of halogens is 3. The lowest BCUT2D eigenvalue weighted by molar-refractivity contribution is 0.628. The molecule has 0 N–H and O–H groups in total. The molecule has 3 rings (SSSR count). The Balaban J connectivity index is 2.15. The molecule has 22 heavy (non-hydrogen) atoms. The van der Waals surface area contributed by atoms with E-state index in [-0.39, 0.29) is 5.82 Å². The molecule has 0 aliphatic rings. The number of benzene rings is 3. The number of hydrogen-bond acceptors (Lipinski definition) is 1. The monoisotopic (exact) mass is 331 g/mol. The normalized spacial score (nSPS) is 10.5. The second-order valence-corrected chi connectivity index (χ2v) is 5.64. The van der Waals surface area contributed by atoms with Gasteiger partial charge in [-0.3, -0.25) is 0 Å². The van der Waals surface area contributed by atoms with E-state index in [1.807, 2.05) is 53.4 Å². The maximum Gasteiger partial charge on any atom is 0.123 e. The molecule has 1 nitrogen and oxygen atoms in total. The molecule has 0 heterocycles. The molecule has 0 unspecified atom stereocenters. The van der Waals surface area contributed by atoms with Crippen LogP contribution in [0, 0.1) is 5.82 Å². The Kier molecular flexibility index (Phi) is 4.32. The van der Waals surface area contributed by atoms with Gasteiger partial charge < -0.3 is 4.90 Å². The molecule has 4 heteroatoms. The summed E-state index contributed by atoms with van der Waals surface area (Å²) in [5.74, 6) is -0.277. The third kappa shape index (κ3) is 3.24. The molecule has 0 amide bonds. The molecular weight excluding hydrogens is 320 g/mol. The van der Waals surface area contributed by atoms with Gasteiger partial charge in [0.2, 0.25) is 0 Å². The lowest BCUT2D eigenvalue weighted by Crippen LogP contribution is -2.09. The van der Waals surface area contributed by atoms with Crippen LogP contribution in [-0.4, -0.2) is 0 Å². The smallest absolute Gasteiger partial charge is 0.123 e. The predicted molar refractivity (Wildman–Crippen MR) is 91.1 cm³/mol. The fraction of sp³-hybridized carbons (Fsp3) is 0. The molecule has 3 aromatic carbocycles. The highest BCUT2D eigenvalue weighted by molar-refractivity contribution is 6.31. The second kappa shape index (κ2) is 6.39. The van der Waals surface area contributed by atoms with Crippen LogP contribution in [0.25, 0.3) is 0 Å². The maximum absolute atomic E-state index is 13.2. The summed E-state index contributed by atoms with van der Waals surface area (Å²) in [6.07, 6.45) is 0. The zero-order valence-electron chi connectivity index (χ0n) is 11.5. The molecule has 0 atom stereocenters. The van der Waals surface area contributed by atoms with Crippen molar-refractivity contribution < 1.29 is 4.39 Å². The average molecular weight is 332 g/mol. The first-order chi connectivity index (χ1) is 10.6. The van der Waals surface area contributed by atoms with Crippen molar-refractivity contribution in [3.05, 3.63) is 88.7 Å². The van der Waals surface area contributed by atoms with Gasteiger partial charge >= 0.3 is 0 Å². The van der Waals surface area contributed by atoms with Gasteiger partial charge in [-0.25, -0.2) is 4.39 Å². The largest absolute Gasteiger partial charge is 0.310 e. The van der Waals surface area contributed by atoms with Crippen LogP contribution >= 0.6 is 23.2 Å². The molecular formula is C18H12Cl2FN. The molecule has 0 fully saturated rings. The van der Waals surface area contributed by atoms with Crippen molar-refractivity contribution in [1.29, 1.82) is 0 Å². The molecule has 0 aliphatic carbocycles.